The van der Waals surface area contributed by atoms with Crippen LogP contribution in [0.4, 0.5) is 11.6 Å². The number of thiazole rings is 2. The normalized spacial score (nSPS) is 13.7. The average Bonchev–Trinajstić information content (AvgIpc) is 3.94. The number of para-hydroxylation sites is 2. The van der Waals surface area contributed by atoms with Gasteiger partial charge in [-0.05, 0) is 35.4 Å². The molecule has 0 unspecified atom stereocenters. The molecule has 3 aromatic heterocycles. The van der Waals surface area contributed by atoms with Crippen LogP contribution in [0.5, 0.6) is 0 Å². The molecular formula is C40H31N7O2S2. The lowest BCUT2D eigenvalue weighted by Gasteiger charge is -2.09. The van der Waals surface area contributed by atoms with E-state index < -0.39 is 0 Å². The Kier molecular flexibility index (Phi) is 8.64. The van der Waals surface area contributed by atoms with Crippen molar-refractivity contribution in [3.63, 3.8) is 0 Å². The first-order chi connectivity index (χ1) is 25.0. The Morgan fingerprint density at radius 1 is 0.647 bits per heavy atom. The van der Waals surface area contributed by atoms with Crippen molar-refractivity contribution < 1.29 is 9.59 Å². The van der Waals surface area contributed by atoms with Crippen LogP contribution in [0.1, 0.15) is 37.3 Å². The fourth-order valence-corrected chi connectivity index (χ4v) is 8.02. The van der Waals surface area contributed by atoms with E-state index in [-0.39, 0.29) is 18.2 Å². The zero-order valence-corrected chi connectivity index (χ0v) is 29.4. The fourth-order valence-electron chi connectivity index (χ4n) is 5.98. The number of benzene rings is 4. The molecule has 8 rings (SSSR count). The Bertz CT molecular complexity index is 2480. The third kappa shape index (κ3) is 6.17. The van der Waals surface area contributed by atoms with Gasteiger partial charge in [0.2, 0.25) is 11.8 Å². The summed E-state index contributed by atoms with van der Waals surface area (Å²) in [4.78, 5) is 49.7. The van der Waals surface area contributed by atoms with Crippen molar-refractivity contribution in [3.8, 4) is 21.7 Å². The van der Waals surface area contributed by atoms with Crippen LogP contribution in [0, 0.1) is 0 Å². The molecule has 7 aromatic rings. The summed E-state index contributed by atoms with van der Waals surface area (Å²) in [5.74, 6) is 1.44. The second-order valence-electron chi connectivity index (χ2n) is 11.8. The van der Waals surface area contributed by atoms with Gasteiger partial charge >= 0.3 is 0 Å². The second-order valence-corrected chi connectivity index (χ2v) is 13.8. The van der Waals surface area contributed by atoms with Crippen LogP contribution in [0.25, 0.3) is 53.3 Å². The molecule has 0 aliphatic carbocycles. The smallest absolute Gasteiger partial charge is 0.225 e. The predicted molar refractivity (Wildman–Crippen MR) is 210 cm³/mol. The van der Waals surface area contributed by atoms with Crippen LogP contribution in [-0.4, -0.2) is 38.4 Å². The van der Waals surface area contributed by atoms with Crippen LogP contribution in [0.3, 0.4) is 0 Å². The van der Waals surface area contributed by atoms with Gasteiger partial charge in [-0.25, -0.2) is 20.0 Å². The Morgan fingerprint density at radius 2 is 1.20 bits per heavy atom. The zero-order valence-electron chi connectivity index (χ0n) is 27.7. The van der Waals surface area contributed by atoms with Gasteiger partial charge in [-0.1, -0.05) is 98.8 Å². The summed E-state index contributed by atoms with van der Waals surface area (Å²) in [7, 11) is 0. The highest BCUT2D eigenvalue weighted by Gasteiger charge is 2.32. The number of anilines is 1. The second kappa shape index (κ2) is 13.7. The van der Waals surface area contributed by atoms with Crippen molar-refractivity contribution in [1.29, 1.82) is 0 Å². The Morgan fingerprint density at radius 3 is 1.82 bits per heavy atom. The van der Waals surface area contributed by atoms with Crippen molar-refractivity contribution in [1.82, 2.24) is 20.3 Å². The maximum absolute atomic E-state index is 13.0. The standard InChI is InChI=1S/C40H31N7O2S2/c1-3-29(48)43-37-33(39-41-25-19-11-13-21-27(25)50-39)31(23-15-7-5-8-16-23)35(46-37)45-36-32(24-17-9-6-10-18-24)34(38(47-36)44-30(49)4-2)40-42-26-20-12-14-22-28(26)51-40/h5-22,46H,3-4H2,1-2H3,(H,43,48)(H,44,45,47,49). The summed E-state index contributed by atoms with van der Waals surface area (Å²) < 4.78 is 2.05. The maximum Gasteiger partial charge on any atom is 0.225 e. The van der Waals surface area contributed by atoms with E-state index in [1.165, 1.54) is 11.3 Å². The Labute approximate surface area is 301 Å². The number of nitrogens with one attached hydrogen (secondary N) is 3. The number of aromatic nitrogens is 3. The van der Waals surface area contributed by atoms with E-state index in [9.17, 15) is 9.59 Å². The molecule has 0 saturated carbocycles. The van der Waals surface area contributed by atoms with Gasteiger partial charge in [0.1, 0.15) is 27.5 Å². The molecule has 9 nitrogen and oxygen atoms in total. The number of nitrogens with zero attached hydrogens (tertiary/aromatic N) is 4. The highest BCUT2D eigenvalue weighted by molar-refractivity contribution is 7.21. The SMILES string of the molecule is CCC(=O)NC1=NC(=Nc2[nH]c(NC(=O)CC)c(-c3nc4ccccc4s3)c2-c2ccccc2)C(c2ccccc2)=C1c1nc2ccccc2s1. The minimum Gasteiger partial charge on any atom is -0.325 e. The molecule has 51 heavy (non-hydrogen) atoms. The summed E-state index contributed by atoms with van der Waals surface area (Å²) in [5, 5.41) is 7.58. The van der Waals surface area contributed by atoms with Crippen molar-refractivity contribution >= 4 is 89.4 Å². The summed E-state index contributed by atoms with van der Waals surface area (Å²) in [6.45, 7) is 3.62. The van der Waals surface area contributed by atoms with E-state index in [0.29, 0.717) is 35.3 Å². The number of amides is 2. The number of amidine groups is 2. The van der Waals surface area contributed by atoms with Gasteiger partial charge in [-0.15, -0.1) is 22.7 Å². The minimum atomic E-state index is -0.173. The van der Waals surface area contributed by atoms with Gasteiger partial charge in [-0.2, -0.15) is 0 Å². The first-order valence-corrected chi connectivity index (χ1v) is 18.2. The molecule has 0 atom stereocenters. The lowest BCUT2D eigenvalue weighted by atomic mass is 10.00. The molecule has 250 valence electrons. The van der Waals surface area contributed by atoms with Gasteiger partial charge in [0.15, 0.2) is 5.84 Å². The van der Waals surface area contributed by atoms with Gasteiger partial charge in [0, 0.05) is 24.0 Å². The molecule has 4 aromatic carbocycles. The van der Waals surface area contributed by atoms with E-state index in [4.69, 9.17) is 20.0 Å². The quantitative estimate of drug-likeness (QED) is 0.146. The maximum atomic E-state index is 13.0. The van der Waals surface area contributed by atoms with Crippen LogP contribution in [0.2, 0.25) is 0 Å². The zero-order chi connectivity index (χ0) is 34.9. The molecule has 1 aliphatic rings. The van der Waals surface area contributed by atoms with Gasteiger partial charge in [0.05, 0.1) is 31.6 Å². The summed E-state index contributed by atoms with van der Waals surface area (Å²) in [6.07, 6.45) is 0.570. The number of carbonyl (C=O) groups is 2. The Hall–Kier alpha value is -6.04. The topological polar surface area (TPSA) is 124 Å². The molecule has 0 bridgehead atoms. The molecule has 0 radical (unpaired) electrons. The molecule has 0 fully saturated rings. The minimum absolute atomic E-state index is 0.149. The number of aromatic amines is 1. The predicted octanol–water partition coefficient (Wildman–Crippen LogP) is 9.50. The van der Waals surface area contributed by atoms with Crippen LogP contribution < -0.4 is 10.6 Å². The van der Waals surface area contributed by atoms with Crippen molar-refractivity contribution in [3.05, 3.63) is 120 Å². The number of H-pyrrole nitrogens is 1. The van der Waals surface area contributed by atoms with E-state index in [1.807, 2.05) is 116 Å². The Balaban J connectivity index is 1.42. The van der Waals surface area contributed by atoms with Crippen molar-refractivity contribution in [2.75, 3.05) is 5.32 Å². The molecule has 0 saturated heterocycles. The lowest BCUT2D eigenvalue weighted by molar-refractivity contribution is -0.119. The third-order valence-corrected chi connectivity index (χ3v) is 10.5. The molecule has 1 aliphatic heterocycles. The number of rotatable bonds is 8. The summed E-state index contributed by atoms with van der Waals surface area (Å²) in [6, 6.07) is 35.8. The van der Waals surface area contributed by atoms with Crippen molar-refractivity contribution in [2.24, 2.45) is 9.98 Å². The van der Waals surface area contributed by atoms with Gasteiger partial charge in [-0.3, -0.25) is 9.59 Å². The number of hydrogen-bond donors (Lipinski definition) is 3. The monoisotopic (exact) mass is 705 g/mol. The molecule has 0 spiro atoms. The number of aliphatic imine (C=N–C) groups is 2. The molecule has 3 N–H and O–H groups in total. The number of hydrogen-bond acceptors (Lipinski definition) is 7. The lowest BCUT2D eigenvalue weighted by Crippen LogP contribution is -2.29. The largest absolute Gasteiger partial charge is 0.325 e. The van der Waals surface area contributed by atoms with Gasteiger partial charge < -0.3 is 15.6 Å². The fraction of sp³-hybridized carbons (Fsp3) is 0.100. The highest BCUT2D eigenvalue weighted by Crippen LogP contribution is 2.48. The van der Waals surface area contributed by atoms with E-state index in [1.54, 1.807) is 18.3 Å². The van der Waals surface area contributed by atoms with Crippen LogP contribution in [-0.2, 0) is 9.59 Å². The van der Waals surface area contributed by atoms with Crippen LogP contribution in [0.15, 0.2) is 119 Å². The highest BCUT2D eigenvalue weighted by atomic mass is 32.1. The van der Waals surface area contributed by atoms with E-state index >= 15 is 0 Å². The van der Waals surface area contributed by atoms with Gasteiger partial charge in [0.25, 0.3) is 0 Å². The third-order valence-electron chi connectivity index (χ3n) is 8.43. The molecule has 11 heteroatoms. The average molecular weight is 706 g/mol. The molecule has 2 amide bonds. The van der Waals surface area contributed by atoms with Crippen LogP contribution >= 0.6 is 22.7 Å². The van der Waals surface area contributed by atoms with Crippen molar-refractivity contribution in [2.45, 2.75) is 26.7 Å². The first-order valence-electron chi connectivity index (χ1n) is 16.6. The number of carbonyl (C=O) groups excluding carboxylic acids is 2. The molecular weight excluding hydrogens is 675 g/mol. The van der Waals surface area contributed by atoms with E-state index in [0.717, 1.165) is 58.3 Å². The molecule has 4 heterocycles. The van der Waals surface area contributed by atoms with E-state index in [2.05, 4.69) is 15.6 Å². The summed E-state index contributed by atoms with van der Waals surface area (Å²) in [5.41, 5.74) is 6.41. The summed E-state index contributed by atoms with van der Waals surface area (Å²) >= 11 is 3.09. The number of fused-ring (bicyclic) bond motifs is 2. The first kappa shape index (κ1) is 32.2.